The normalized spacial score (nSPS) is 33.9. The predicted octanol–water partition coefficient (Wildman–Crippen LogP) is 2.40. The summed E-state index contributed by atoms with van der Waals surface area (Å²) in [7, 11) is 0. The molecule has 2 heterocycles. The zero-order valence-electron chi connectivity index (χ0n) is 12.0. The molecule has 4 nitrogen and oxygen atoms in total. The van der Waals surface area contributed by atoms with Crippen molar-refractivity contribution in [1.82, 2.24) is 9.88 Å². The van der Waals surface area contributed by atoms with Crippen molar-refractivity contribution in [3.8, 4) is 0 Å². The molecule has 110 valence electrons. The number of amides is 2. The lowest BCUT2D eigenvalue weighted by molar-refractivity contribution is -0.140. The smallest absolute Gasteiger partial charge is 0.234 e. The number of aryl methyl sites for hydroxylation is 1. The van der Waals surface area contributed by atoms with Crippen molar-refractivity contribution in [1.29, 1.82) is 0 Å². The van der Waals surface area contributed by atoms with Gasteiger partial charge in [0.1, 0.15) is 0 Å². The van der Waals surface area contributed by atoms with Crippen molar-refractivity contribution in [2.24, 2.45) is 23.7 Å². The number of likely N-dealkylation sites (tertiary alicyclic amines) is 1. The number of imide groups is 1. The average molecular weight is 302 g/mol. The molecule has 1 aromatic heterocycles. The molecule has 0 N–H and O–H groups in total. The average Bonchev–Trinajstić information content (AvgIpc) is 3.08. The highest BCUT2D eigenvalue weighted by Gasteiger charge is 2.56. The second kappa shape index (κ2) is 4.77. The molecular formula is C16H18N2O2S. The van der Waals surface area contributed by atoms with Gasteiger partial charge in [-0.05, 0) is 31.1 Å². The first-order valence-electron chi connectivity index (χ1n) is 7.66. The van der Waals surface area contributed by atoms with Crippen LogP contribution < -0.4 is 0 Å². The summed E-state index contributed by atoms with van der Waals surface area (Å²) in [6, 6.07) is 0. The minimum Gasteiger partial charge on any atom is -0.276 e. The maximum Gasteiger partial charge on any atom is 0.234 e. The van der Waals surface area contributed by atoms with E-state index in [0.717, 1.165) is 30.0 Å². The number of aromatic nitrogens is 1. The lowest BCUT2D eigenvalue weighted by Crippen LogP contribution is -2.38. The first kappa shape index (κ1) is 13.2. The summed E-state index contributed by atoms with van der Waals surface area (Å²) in [5.41, 5.74) is 0.845. The number of carbonyl (C=O) groups excluding carboxylic acids is 2. The third-order valence-electron chi connectivity index (χ3n) is 5.07. The van der Waals surface area contributed by atoms with Crippen molar-refractivity contribution in [3.05, 3.63) is 28.2 Å². The Labute approximate surface area is 127 Å². The standard InChI is InChI=1S/C16H18N2O2S/c1-2-12-17-11(8-21-12)7-18-15(19)13-9-3-4-10(6-5-9)14(13)16(18)20/h3-4,8-10,13-14H,2,5-7H2,1H3. The molecule has 0 radical (unpaired) electrons. The minimum absolute atomic E-state index is 0.0232. The van der Waals surface area contributed by atoms with E-state index in [1.165, 1.54) is 4.90 Å². The highest BCUT2D eigenvalue weighted by Crippen LogP contribution is 2.49. The van der Waals surface area contributed by atoms with Gasteiger partial charge in [0.05, 0.1) is 29.1 Å². The van der Waals surface area contributed by atoms with E-state index in [2.05, 4.69) is 24.1 Å². The number of rotatable bonds is 3. The number of hydrogen-bond donors (Lipinski definition) is 0. The quantitative estimate of drug-likeness (QED) is 0.636. The van der Waals surface area contributed by atoms with Crippen LogP contribution in [0.2, 0.25) is 0 Å². The molecule has 1 aliphatic heterocycles. The van der Waals surface area contributed by atoms with E-state index in [0.29, 0.717) is 6.54 Å². The van der Waals surface area contributed by atoms with E-state index in [1.54, 1.807) is 11.3 Å². The lowest BCUT2D eigenvalue weighted by Gasteiger charge is -2.38. The summed E-state index contributed by atoms with van der Waals surface area (Å²) in [6.45, 7) is 2.41. The molecule has 3 aliphatic carbocycles. The molecule has 4 unspecified atom stereocenters. The van der Waals surface area contributed by atoms with Crippen LogP contribution in [0, 0.1) is 23.7 Å². The van der Waals surface area contributed by atoms with Gasteiger partial charge < -0.3 is 0 Å². The first-order chi connectivity index (χ1) is 10.2. The SMILES string of the molecule is CCc1nc(CN2C(=O)C3C4C=CC(CC4)C3C2=O)cs1. The Kier molecular flexibility index (Phi) is 2.99. The largest absolute Gasteiger partial charge is 0.276 e. The summed E-state index contributed by atoms with van der Waals surface area (Å²) in [5, 5.41) is 3.03. The highest BCUT2D eigenvalue weighted by molar-refractivity contribution is 7.09. The van der Waals surface area contributed by atoms with Gasteiger partial charge in [0.15, 0.2) is 0 Å². The Morgan fingerprint density at radius 1 is 1.19 bits per heavy atom. The monoisotopic (exact) mass is 302 g/mol. The van der Waals surface area contributed by atoms with Crippen LogP contribution in [0.4, 0.5) is 0 Å². The second-order valence-electron chi connectivity index (χ2n) is 6.19. The Morgan fingerprint density at radius 3 is 2.29 bits per heavy atom. The van der Waals surface area contributed by atoms with Gasteiger partial charge >= 0.3 is 0 Å². The minimum atomic E-state index is -0.106. The van der Waals surface area contributed by atoms with Crippen molar-refractivity contribution in [2.45, 2.75) is 32.7 Å². The summed E-state index contributed by atoms with van der Waals surface area (Å²) in [4.78, 5) is 31.3. The van der Waals surface area contributed by atoms with Crippen LogP contribution in [-0.4, -0.2) is 21.7 Å². The fourth-order valence-corrected chi connectivity index (χ4v) is 4.77. The molecule has 0 spiro atoms. The topological polar surface area (TPSA) is 50.3 Å². The van der Waals surface area contributed by atoms with Crippen LogP contribution in [0.3, 0.4) is 0 Å². The number of carbonyl (C=O) groups is 2. The number of hydrogen-bond acceptors (Lipinski definition) is 4. The Hall–Kier alpha value is -1.49. The molecule has 0 aromatic carbocycles. The van der Waals surface area contributed by atoms with Crippen LogP contribution in [0.1, 0.15) is 30.5 Å². The molecule has 1 saturated carbocycles. The van der Waals surface area contributed by atoms with Gasteiger partial charge in [-0.15, -0.1) is 11.3 Å². The van der Waals surface area contributed by atoms with Crippen LogP contribution >= 0.6 is 11.3 Å². The Balaban J connectivity index is 1.60. The zero-order chi connectivity index (χ0) is 14.6. The van der Waals surface area contributed by atoms with Gasteiger partial charge in [-0.3, -0.25) is 14.5 Å². The third-order valence-corrected chi connectivity index (χ3v) is 6.11. The molecule has 2 bridgehead atoms. The second-order valence-corrected chi connectivity index (χ2v) is 7.13. The lowest BCUT2D eigenvalue weighted by atomic mass is 9.63. The third kappa shape index (κ3) is 1.90. The molecular weight excluding hydrogens is 284 g/mol. The van der Waals surface area contributed by atoms with Gasteiger partial charge in [0.25, 0.3) is 0 Å². The number of nitrogens with zero attached hydrogens (tertiary/aromatic N) is 2. The molecule has 2 amide bonds. The zero-order valence-corrected chi connectivity index (χ0v) is 12.8. The maximum absolute atomic E-state index is 12.7. The van der Waals surface area contributed by atoms with E-state index in [1.807, 2.05) is 5.38 Å². The number of allylic oxidation sites excluding steroid dienone is 2. The fraction of sp³-hybridized carbons (Fsp3) is 0.562. The van der Waals surface area contributed by atoms with E-state index >= 15 is 0 Å². The van der Waals surface area contributed by atoms with Gasteiger partial charge in [0, 0.05) is 5.38 Å². The summed E-state index contributed by atoms with van der Waals surface area (Å²) in [5.74, 6) is 0.368. The van der Waals surface area contributed by atoms with Gasteiger partial charge in [-0.25, -0.2) is 4.98 Å². The van der Waals surface area contributed by atoms with E-state index in [-0.39, 0.29) is 35.5 Å². The van der Waals surface area contributed by atoms with E-state index in [9.17, 15) is 9.59 Å². The molecule has 1 saturated heterocycles. The summed E-state index contributed by atoms with van der Waals surface area (Å²) >= 11 is 1.60. The van der Waals surface area contributed by atoms with Crippen molar-refractivity contribution in [2.75, 3.05) is 0 Å². The van der Waals surface area contributed by atoms with Crippen LogP contribution in [0.15, 0.2) is 17.5 Å². The van der Waals surface area contributed by atoms with E-state index in [4.69, 9.17) is 0 Å². The summed E-state index contributed by atoms with van der Waals surface area (Å²) < 4.78 is 0. The molecule has 2 fully saturated rings. The molecule has 1 aromatic rings. The number of thiazole rings is 1. The fourth-order valence-electron chi connectivity index (χ4n) is 4.04. The Bertz CT molecular complexity index is 604. The maximum atomic E-state index is 12.7. The van der Waals surface area contributed by atoms with Crippen LogP contribution in [0.25, 0.3) is 0 Å². The van der Waals surface area contributed by atoms with E-state index < -0.39 is 0 Å². The van der Waals surface area contributed by atoms with Gasteiger partial charge in [-0.1, -0.05) is 19.1 Å². The molecule has 21 heavy (non-hydrogen) atoms. The Morgan fingerprint density at radius 2 is 1.81 bits per heavy atom. The number of fused-ring (bicyclic) bond motifs is 1. The molecule has 5 rings (SSSR count). The van der Waals surface area contributed by atoms with Crippen molar-refractivity contribution < 1.29 is 9.59 Å². The highest BCUT2D eigenvalue weighted by atomic mass is 32.1. The van der Waals surface area contributed by atoms with Crippen LogP contribution in [-0.2, 0) is 22.6 Å². The molecule has 5 heteroatoms. The van der Waals surface area contributed by atoms with Gasteiger partial charge in [-0.2, -0.15) is 0 Å². The van der Waals surface area contributed by atoms with Crippen LogP contribution in [0.5, 0.6) is 0 Å². The molecule has 4 aliphatic rings. The first-order valence-corrected chi connectivity index (χ1v) is 8.54. The summed E-state index contributed by atoms with van der Waals surface area (Å²) in [6.07, 6.45) is 7.30. The predicted molar refractivity (Wildman–Crippen MR) is 79.4 cm³/mol. The van der Waals surface area contributed by atoms with Crippen molar-refractivity contribution in [3.63, 3.8) is 0 Å². The van der Waals surface area contributed by atoms with Gasteiger partial charge in [0.2, 0.25) is 11.8 Å². The molecule has 4 atom stereocenters. The van der Waals surface area contributed by atoms with Crippen molar-refractivity contribution >= 4 is 23.2 Å².